The molecule has 0 saturated carbocycles. The van der Waals surface area contributed by atoms with Crippen LogP contribution in [0.4, 0.5) is 0 Å². The van der Waals surface area contributed by atoms with Crippen LogP contribution in [0, 0.1) is 0 Å². The Kier molecular flexibility index (Phi) is 7.39. The summed E-state index contributed by atoms with van der Waals surface area (Å²) in [5.74, 6) is -0.877. The molecule has 0 heterocycles. The smallest absolute Gasteiger partial charge is 0.306 e. The van der Waals surface area contributed by atoms with E-state index in [9.17, 15) is 14.4 Å². The van der Waals surface area contributed by atoms with Gasteiger partial charge in [-0.1, -0.05) is 42.5 Å². The van der Waals surface area contributed by atoms with Gasteiger partial charge in [0.2, 0.25) is 0 Å². The number of amides is 1. The second-order valence-electron chi connectivity index (χ2n) is 7.87. The van der Waals surface area contributed by atoms with Crippen molar-refractivity contribution in [2.45, 2.75) is 51.5 Å². The quantitative estimate of drug-likeness (QED) is 0.484. The summed E-state index contributed by atoms with van der Waals surface area (Å²) in [7, 11) is 1.69. The number of hydrogen-bond acceptors (Lipinski definition) is 4. The number of ketones is 1. The first kappa shape index (κ1) is 21.8. The van der Waals surface area contributed by atoms with Gasteiger partial charge in [-0.3, -0.25) is 14.4 Å². The molecule has 3 rings (SSSR count). The van der Waals surface area contributed by atoms with Crippen molar-refractivity contribution in [1.82, 2.24) is 4.90 Å². The maximum absolute atomic E-state index is 12.4. The number of hydrogen-bond donors (Lipinski definition) is 0. The number of rotatable bonds is 8. The third-order valence-electron chi connectivity index (χ3n) is 5.84. The van der Waals surface area contributed by atoms with Crippen molar-refractivity contribution < 1.29 is 19.1 Å². The van der Waals surface area contributed by atoms with Crippen LogP contribution in [0.15, 0.2) is 48.5 Å². The van der Waals surface area contributed by atoms with E-state index >= 15 is 0 Å². The molecule has 0 aliphatic heterocycles. The first-order chi connectivity index (χ1) is 14.5. The Morgan fingerprint density at radius 2 is 1.67 bits per heavy atom. The lowest BCUT2D eigenvalue weighted by molar-refractivity contribution is -0.152. The fourth-order valence-electron chi connectivity index (χ4n) is 3.75. The van der Waals surface area contributed by atoms with E-state index in [-0.39, 0.29) is 37.2 Å². The number of fused-ring (bicyclic) bond motifs is 1. The summed E-state index contributed by atoms with van der Waals surface area (Å²) in [6.07, 6.45) is 4.49. The first-order valence-corrected chi connectivity index (χ1v) is 10.6. The molecular weight excluding hydrogens is 378 g/mol. The summed E-state index contributed by atoms with van der Waals surface area (Å²) >= 11 is 0. The molecule has 158 valence electrons. The van der Waals surface area contributed by atoms with Gasteiger partial charge in [-0.05, 0) is 55.4 Å². The average Bonchev–Trinajstić information content (AvgIpc) is 2.80. The second kappa shape index (κ2) is 10.2. The predicted octanol–water partition coefficient (Wildman–Crippen LogP) is 4.29. The van der Waals surface area contributed by atoms with Crippen molar-refractivity contribution in [3.05, 3.63) is 70.8 Å². The number of aryl methyl sites for hydroxylation is 2. The van der Waals surface area contributed by atoms with Crippen LogP contribution in [0.2, 0.25) is 0 Å². The van der Waals surface area contributed by atoms with E-state index in [1.165, 1.54) is 17.5 Å². The topological polar surface area (TPSA) is 63.7 Å². The highest BCUT2D eigenvalue weighted by Gasteiger charge is 2.19. The number of ether oxygens (including phenoxy) is 1. The number of likely N-dealkylation sites (N-methyl/N-ethyl adjacent to an activating group) is 1. The number of nitrogens with zero attached hydrogens (tertiary/aromatic N) is 1. The molecule has 5 heteroatoms. The van der Waals surface area contributed by atoms with Crippen LogP contribution < -0.4 is 0 Å². The molecule has 5 nitrogen and oxygen atoms in total. The minimum absolute atomic E-state index is 0.0266. The van der Waals surface area contributed by atoms with E-state index < -0.39 is 5.97 Å². The van der Waals surface area contributed by atoms with Crippen molar-refractivity contribution in [2.24, 2.45) is 0 Å². The lowest BCUT2D eigenvalue weighted by Gasteiger charge is -2.25. The van der Waals surface area contributed by atoms with E-state index in [2.05, 4.69) is 0 Å². The van der Waals surface area contributed by atoms with Gasteiger partial charge in [-0.25, -0.2) is 0 Å². The van der Waals surface area contributed by atoms with Gasteiger partial charge in [-0.15, -0.1) is 0 Å². The van der Waals surface area contributed by atoms with Crippen LogP contribution in [0.1, 0.15) is 65.7 Å². The normalized spacial score (nSPS) is 13.8. The molecule has 1 unspecified atom stereocenters. The zero-order valence-corrected chi connectivity index (χ0v) is 17.7. The molecule has 1 aliphatic carbocycles. The fourth-order valence-corrected chi connectivity index (χ4v) is 3.75. The van der Waals surface area contributed by atoms with Gasteiger partial charge in [0.1, 0.15) is 0 Å². The SMILES string of the molecule is CC(c1ccccc1)N(C)C(=O)COC(=O)CCC(=O)c1ccc2c(c1)CCCC2. The van der Waals surface area contributed by atoms with Crippen LogP contribution in [0.25, 0.3) is 0 Å². The van der Waals surface area contributed by atoms with Gasteiger partial charge in [0, 0.05) is 19.0 Å². The van der Waals surface area contributed by atoms with Crippen molar-refractivity contribution >= 4 is 17.7 Å². The molecule has 30 heavy (non-hydrogen) atoms. The molecule has 0 fully saturated rings. The summed E-state index contributed by atoms with van der Waals surface area (Å²) in [5.41, 5.74) is 4.23. The van der Waals surface area contributed by atoms with E-state index in [4.69, 9.17) is 4.74 Å². The Morgan fingerprint density at radius 3 is 2.40 bits per heavy atom. The lowest BCUT2D eigenvalue weighted by atomic mass is 9.89. The number of carbonyl (C=O) groups is 3. The van der Waals surface area contributed by atoms with E-state index in [1.54, 1.807) is 11.9 Å². The predicted molar refractivity (Wildman–Crippen MR) is 115 cm³/mol. The summed E-state index contributed by atoms with van der Waals surface area (Å²) in [6, 6.07) is 15.4. The van der Waals surface area contributed by atoms with Gasteiger partial charge in [-0.2, -0.15) is 0 Å². The largest absolute Gasteiger partial charge is 0.456 e. The Morgan fingerprint density at radius 1 is 0.967 bits per heavy atom. The minimum Gasteiger partial charge on any atom is -0.456 e. The van der Waals surface area contributed by atoms with E-state index in [0.29, 0.717) is 5.56 Å². The molecular formula is C25H29NO4. The third-order valence-corrected chi connectivity index (χ3v) is 5.84. The van der Waals surface area contributed by atoms with Crippen molar-refractivity contribution in [3.63, 3.8) is 0 Å². The van der Waals surface area contributed by atoms with Gasteiger partial charge in [0.15, 0.2) is 12.4 Å². The van der Waals surface area contributed by atoms with Crippen LogP contribution in [0.3, 0.4) is 0 Å². The summed E-state index contributed by atoms with van der Waals surface area (Å²) in [6.45, 7) is 1.60. The van der Waals surface area contributed by atoms with Gasteiger partial charge in [0.25, 0.3) is 5.91 Å². The van der Waals surface area contributed by atoms with Crippen LogP contribution in [0.5, 0.6) is 0 Å². The highest BCUT2D eigenvalue weighted by atomic mass is 16.5. The molecule has 2 aromatic rings. The zero-order valence-electron chi connectivity index (χ0n) is 17.7. The Labute approximate surface area is 178 Å². The van der Waals surface area contributed by atoms with Crippen molar-refractivity contribution in [3.8, 4) is 0 Å². The van der Waals surface area contributed by atoms with Crippen molar-refractivity contribution in [1.29, 1.82) is 0 Å². The molecule has 0 spiro atoms. The Hall–Kier alpha value is -2.95. The Bertz CT molecular complexity index is 907. The van der Waals surface area contributed by atoms with Gasteiger partial charge >= 0.3 is 5.97 Å². The second-order valence-corrected chi connectivity index (χ2v) is 7.87. The Balaban J connectivity index is 1.44. The number of esters is 1. The summed E-state index contributed by atoms with van der Waals surface area (Å²) in [5, 5.41) is 0. The molecule has 1 amide bonds. The van der Waals surface area contributed by atoms with Gasteiger partial charge < -0.3 is 9.64 Å². The zero-order chi connectivity index (χ0) is 21.5. The molecule has 0 N–H and O–H groups in total. The highest BCUT2D eigenvalue weighted by molar-refractivity contribution is 5.97. The number of benzene rings is 2. The van der Waals surface area contributed by atoms with Crippen LogP contribution in [-0.4, -0.2) is 36.2 Å². The fraction of sp³-hybridized carbons (Fsp3) is 0.400. The standard InChI is InChI=1S/C25H29NO4/c1-18(19-8-4-3-5-9-19)26(2)24(28)17-30-25(29)15-14-23(27)22-13-12-20-10-6-7-11-21(20)16-22/h3-5,8-9,12-13,16,18H,6-7,10-11,14-15,17H2,1-2H3. The van der Waals surface area contributed by atoms with E-state index in [0.717, 1.165) is 24.8 Å². The lowest BCUT2D eigenvalue weighted by Crippen LogP contribution is -2.33. The van der Waals surface area contributed by atoms with Gasteiger partial charge in [0.05, 0.1) is 12.5 Å². The van der Waals surface area contributed by atoms with Crippen LogP contribution >= 0.6 is 0 Å². The molecule has 1 aliphatic rings. The molecule has 2 aromatic carbocycles. The van der Waals surface area contributed by atoms with Crippen LogP contribution in [-0.2, 0) is 27.2 Å². The number of carbonyl (C=O) groups excluding carboxylic acids is 3. The summed E-state index contributed by atoms with van der Waals surface area (Å²) in [4.78, 5) is 38.4. The maximum Gasteiger partial charge on any atom is 0.306 e. The van der Waals surface area contributed by atoms with E-state index in [1.807, 2.05) is 55.5 Å². The average molecular weight is 408 g/mol. The third kappa shape index (κ3) is 5.56. The number of Topliss-reactive ketones (excluding diaryl/α,β-unsaturated/α-hetero) is 1. The molecule has 0 bridgehead atoms. The molecule has 1 atom stereocenters. The van der Waals surface area contributed by atoms with Crippen molar-refractivity contribution in [2.75, 3.05) is 13.7 Å². The molecule has 0 aromatic heterocycles. The highest BCUT2D eigenvalue weighted by Crippen LogP contribution is 2.23. The maximum atomic E-state index is 12.4. The molecule has 0 radical (unpaired) electrons. The first-order valence-electron chi connectivity index (χ1n) is 10.6. The monoisotopic (exact) mass is 407 g/mol. The molecule has 0 saturated heterocycles. The minimum atomic E-state index is -0.532. The summed E-state index contributed by atoms with van der Waals surface area (Å²) < 4.78 is 5.11.